The summed E-state index contributed by atoms with van der Waals surface area (Å²) in [6.07, 6.45) is 10.7. The van der Waals surface area contributed by atoms with E-state index in [9.17, 15) is 4.79 Å². The van der Waals surface area contributed by atoms with E-state index in [2.05, 4.69) is 30.9 Å². The van der Waals surface area contributed by atoms with Gasteiger partial charge in [-0.25, -0.2) is 0 Å². The van der Waals surface area contributed by atoms with Gasteiger partial charge in [0.05, 0.1) is 18.8 Å². The lowest BCUT2D eigenvalue weighted by atomic mass is 9.91. The van der Waals surface area contributed by atoms with Crippen LogP contribution in [0.3, 0.4) is 0 Å². The largest absolute Gasteiger partial charge is 0.379 e. The number of rotatable bonds is 14. The van der Waals surface area contributed by atoms with E-state index in [0.717, 1.165) is 24.6 Å². The van der Waals surface area contributed by atoms with Crippen molar-refractivity contribution < 1.29 is 9.53 Å². The van der Waals surface area contributed by atoms with E-state index in [1.807, 2.05) is 37.7 Å². The summed E-state index contributed by atoms with van der Waals surface area (Å²) in [4.78, 5) is 16.7. The van der Waals surface area contributed by atoms with Crippen molar-refractivity contribution in [3.8, 4) is 0 Å². The van der Waals surface area contributed by atoms with Crippen molar-refractivity contribution in [2.24, 2.45) is 5.92 Å². The molecule has 170 valence electrons. The van der Waals surface area contributed by atoms with Gasteiger partial charge in [-0.1, -0.05) is 64.5 Å². The number of unbranched alkanes of at least 4 members (excludes halogenated alkanes) is 4. The Labute approximate surface area is 189 Å². The van der Waals surface area contributed by atoms with Crippen LogP contribution >= 0.6 is 11.8 Å². The molecule has 0 aromatic heterocycles. The van der Waals surface area contributed by atoms with Gasteiger partial charge in [-0.15, -0.1) is 11.8 Å². The third kappa shape index (κ3) is 8.01. The number of nitrogens with zero attached hydrogens (tertiary/aromatic N) is 1. The average molecular weight is 434 g/mol. The van der Waals surface area contributed by atoms with Gasteiger partial charge in [0.2, 0.25) is 0 Å². The van der Waals surface area contributed by atoms with Gasteiger partial charge < -0.3 is 4.74 Å². The van der Waals surface area contributed by atoms with Crippen LogP contribution in [0.25, 0.3) is 0 Å². The molecular weight excluding hydrogens is 390 g/mol. The van der Waals surface area contributed by atoms with Gasteiger partial charge in [-0.05, 0) is 44.7 Å². The van der Waals surface area contributed by atoms with Crippen molar-refractivity contribution in [1.29, 1.82) is 0 Å². The van der Waals surface area contributed by atoms with Gasteiger partial charge in [0.1, 0.15) is 0 Å². The third-order valence-corrected chi connectivity index (χ3v) is 7.63. The minimum absolute atomic E-state index is 0.206. The highest BCUT2D eigenvalue weighted by molar-refractivity contribution is 7.99. The van der Waals surface area contributed by atoms with E-state index >= 15 is 0 Å². The summed E-state index contributed by atoms with van der Waals surface area (Å²) in [6, 6.07) is 8.33. The highest BCUT2D eigenvalue weighted by atomic mass is 32.2. The molecule has 0 radical (unpaired) electrons. The molecule has 4 heteroatoms. The Morgan fingerprint density at radius 2 is 1.63 bits per heavy atom. The van der Waals surface area contributed by atoms with Crippen molar-refractivity contribution in [2.45, 2.75) is 89.5 Å². The molecule has 1 fully saturated rings. The fourth-order valence-electron chi connectivity index (χ4n) is 4.20. The first-order chi connectivity index (χ1) is 14.5. The molecule has 0 saturated carbocycles. The molecule has 30 heavy (non-hydrogen) atoms. The summed E-state index contributed by atoms with van der Waals surface area (Å²) in [5.41, 5.74) is 0.334. The van der Waals surface area contributed by atoms with Crippen LogP contribution in [0, 0.1) is 5.92 Å². The zero-order valence-electron chi connectivity index (χ0n) is 19.8. The molecule has 1 atom stereocenters. The standard InChI is InChI=1S/C26H43NO2S/c1-5-7-9-10-12-22(11-8-6-2)21-30-24-15-13-23(14-16-24)25(28)26(3,4)27-17-19-29-20-18-27/h13-16,22H,5-12,17-21H2,1-4H3. The predicted molar refractivity (Wildman–Crippen MR) is 130 cm³/mol. The molecule has 1 unspecified atom stereocenters. The second-order valence-corrected chi connectivity index (χ2v) is 10.3. The summed E-state index contributed by atoms with van der Waals surface area (Å²) < 4.78 is 5.45. The molecule has 0 spiro atoms. The molecule has 1 aromatic carbocycles. The first kappa shape index (κ1) is 25.4. The minimum atomic E-state index is -0.484. The summed E-state index contributed by atoms with van der Waals surface area (Å²) in [6.45, 7) is 11.7. The van der Waals surface area contributed by atoms with Gasteiger partial charge in [-0.2, -0.15) is 0 Å². The van der Waals surface area contributed by atoms with Crippen LogP contribution in [0.4, 0.5) is 0 Å². The summed E-state index contributed by atoms with van der Waals surface area (Å²) in [7, 11) is 0. The van der Waals surface area contributed by atoms with Crippen LogP contribution in [0.1, 0.15) is 89.4 Å². The van der Waals surface area contributed by atoms with Gasteiger partial charge in [0.15, 0.2) is 5.78 Å². The maximum Gasteiger partial charge on any atom is 0.182 e. The van der Waals surface area contributed by atoms with Crippen molar-refractivity contribution >= 4 is 17.5 Å². The molecule has 0 N–H and O–H groups in total. The van der Waals surface area contributed by atoms with Crippen LogP contribution in [0.15, 0.2) is 29.2 Å². The van der Waals surface area contributed by atoms with E-state index in [1.165, 1.54) is 62.0 Å². The zero-order valence-corrected chi connectivity index (χ0v) is 20.6. The van der Waals surface area contributed by atoms with Gasteiger partial charge in [0, 0.05) is 29.3 Å². The van der Waals surface area contributed by atoms with E-state index in [0.29, 0.717) is 13.2 Å². The summed E-state index contributed by atoms with van der Waals surface area (Å²) >= 11 is 1.96. The lowest BCUT2D eigenvalue weighted by Gasteiger charge is -2.39. The van der Waals surface area contributed by atoms with E-state index in [4.69, 9.17) is 4.74 Å². The number of ether oxygens (including phenoxy) is 1. The Balaban J connectivity index is 1.89. The summed E-state index contributed by atoms with van der Waals surface area (Å²) in [5, 5.41) is 0. The predicted octanol–water partition coefficient (Wildman–Crippen LogP) is 6.85. The number of benzene rings is 1. The normalized spacial score (nSPS) is 16.5. The Bertz CT molecular complexity index is 608. The van der Waals surface area contributed by atoms with Crippen LogP contribution in [0.5, 0.6) is 0 Å². The zero-order chi connectivity index (χ0) is 21.8. The molecular formula is C26H43NO2S. The van der Waals surface area contributed by atoms with Crippen molar-refractivity contribution in [3.05, 3.63) is 29.8 Å². The van der Waals surface area contributed by atoms with E-state index in [1.54, 1.807) is 0 Å². The maximum absolute atomic E-state index is 13.1. The smallest absolute Gasteiger partial charge is 0.182 e. The molecule has 0 bridgehead atoms. The second-order valence-electron chi connectivity index (χ2n) is 9.18. The first-order valence-electron chi connectivity index (χ1n) is 12.1. The van der Waals surface area contributed by atoms with Gasteiger partial charge in [-0.3, -0.25) is 9.69 Å². The molecule has 1 aliphatic heterocycles. The number of thioether (sulfide) groups is 1. The Morgan fingerprint density at radius 1 is 1.00 bits per heavy atom. The lowest BCUT2D eigenvalue weighted by molar-refractivity contribution is -0.00430. The summed E-state index contributed by atoms with van der Waals surface area (Å²) in [5.74, 6) is 2.21. The van der Waals surface area contributed by atoms with Crippen LogP contribution in [0.2, 0.25) is 0 Å². The van der Waals surface area contributed by atoms with Gasteiger partial charge in [0.25, 0.3) is 0 Å². The number of carbonyl (C=O) groups excluding carboxylic acids is 1. The van der Waals surface area contributed by atoms with Crippen molar-refractivity contribution in [1.82, 2.24) is 4.90 Å². The fraction of sp³-hybridized carbons (Fsp3) is 0.731. The van der Waals surface area contributed by atoms with Crippen LogP contribution < -0.4 is 0 Å². The molecule has 1 saturated heterocycles. The molecule has 1 heterocycles. The maximum atomic E-state index is 13.1. The highest BCUT2D eigenvalue weighted by Crippen LogP contribution is 2.28. The van der Waals surface area contributed by atoms with Gasteiger partial charge >= 0.3 is 0 Å². The first-order valence-corrected chi connectivity index (χ1v) is 13.1. The molecule has 1 aromatic rings. The van der Waals surface area contributed by atoms with E-state index < -0.39 is 5.54 Å². The average Bonchev–Trinajstić information content (AvgIpc) is 2.78. The van der Waals surface area contributed by atoms with Crippen LogP contribution in [-0.4, -0.2) is 48.3 Å². The topological polar surface area (TPSA) is 29.5 Å². The number of morpholine rings is 1. The second kappa shape index (κ2) is 13.5. The number of carbonyl (C=O) groups is 1. The van der Waals surface area contributed by atoms with E-state index in [-0.39, 0.29) is 5.78 Å². The fourth-order valence-corrected chi connectivity index (χ4v) is 5.29. The Morgan fingerprint density at radius 3 is 2.27 bits per heavy atom. The number of hydrogen-bond acceptors (Lipinski definition) is 4. The minimum Gasteiger partial charge on any atom is -0.379 e. The highest BCUT2D eigenvalue weighted by Gasteiger charge is 2.35. The molecule has 0 amide bonds. The number of hydrogen-bond donors (Lipinski definition) is 0. The third-order valence-electron chi connectivity index (χ3n) is 6.39. The number of ketones is 1. The molecule has 1 aliphatic rings. The lowest BCUT2D eigenvalue weighted by Crippen LogP contribution is -2.54. The monoisotopic (exact) mass is 433 g/mol. The SMILES string of the molecule is CCCCCCC(CCCC)CSc1ccc(C(=O)C(C)(C)N2CCOCC2)cc1. The quantitative estimate of drug-likeness (QED) is 0.182. The van der Waals surface area contributed by atoms with Crippen LogP contribution in [-0.2, 0) is 4.74 Å². The Hall–Kier alpha value is -0.840. The number of Topliss-reactive ketones (excluding diaryl/α,β-unsaturated/α-hetero) is 1. The molecule has 3 nitrogen and oxygen atoms in total. The Kier molecular flexibility index (Phi) is 11.5. The molecule has 2 rings (SSSR count). The molecule has 0 aliphatic carbocycles. The van der Waals surface area contributed by atoms with Crippen molar-refractivity contribution in [3.63, 3.8) is 0 Å². The van der Waals surface area contributed by atoms with Crippen molar-refractivity contribution in [2.75, 3.05) is 32.1 Å².